The molecule has 4 nitrogen and oxygen atoms in total. The van der Waals surface area contributed by atoms with Crippen molar-refractivity contribution in [3.8, 4) is 0 Å². The predicted octanol–water partition coefficient (Wildman–Crippen LogP) is 2.16. The molecule has 1 aromatic heterocycles. The monoisotopic (exact) mass is 236 g/mol. The zero-order valence-electron chi connectivity index (χ0n) is 10.3. The molecule has 0 radical (unpaired) electrons. The Balaban J connectivity index is 2.27. The first-order valence-corrected chi connectivity index (χ1v) is 6.06. The third-order valence-corrected chi connectivity index (χ3v) is 2.67. The smallest absolute Gasteiger partial charge is 0.303 e. The number of hydrogen-bond donors (Lipinski definition) is 1. The molecule has 94 valence electrons. The maximum absolute atomic E-state index is 10.4. The van der Waals surface area contributed by atoms with Crippen LogP contribution in [0.2, 0.25) is 0 Å². The van der Waals surface area contributed by atoms with Crippen molar-refractivity contribution in [3.63, 3.8) is 0 Å². The van der Waals surface area contributed by atoms with E-state index in [9.17, 15) is 4.79 Å². The zero-order valence-corrected chi connectivity index (χ0v) is 10.3. The third-order valence-electron chi connectivity index (χ3n) is 2.67. The molecule has 0 aliphatic carbocycles. The summed E-state index contributed by atoms with van der Waals surface area (Å²) in [5.41, 5.74) is 1.06. The molecule has 0 unspecified atom stereocenters. The number of carboxylic acid groups (broad SMARTS) is 1. The molecule has 0 aliphatic heterocycles. The average Bonchev–Trinajstić information content (AvgIpc) is 2.34. The molecule has 0 saturated carbocycles. The molecule has 0 saturated heterocycles. The van der Waals surface area contributed by atoms with Gasteiger partial charge in [-0.3, -0.25) is 14.7 Å². The van der Waals surface area contributed by atoms with E-state index >= 15 is 0 Å². The van der Waals surface area contributed by atoms with Gasteiger partial charge in [-0.15, -0.1) is 0 Å². The highest BCUT2D eigenvalue weighted by Gasteiger charge is 2.04. The summed E-state index contributed by atoms with van der Waals surface area (Å²) in [6, 6.07) is 5.91. The summed E-state index contributed by atoms with van der Waals surface area (Å²) in [5, 5.41) is 8.55. The van der Waals surface area contributed by atoms with Gasteiger partial charge in [0.15, 0.2) is 0 Å². The van der Waals surface area contributed by atoms with Crippen molar-refractivity contribution in [3.05, 3.63) is 30.1 Å². The first-order valence-electron chi connectivity index (χ1n) is 6.06. The number of pyridine rings is 1. The second-order valence-corrected chi connectivity index (χ2v) is 4.04. The Morgan fingerprint density at radius 2 is 2.24 bits per heavy atom. The van der Waals surface area contributed by atoms with E-state index in [0.717, 1.165) is 38.2 Å². The molecular formula is C13H20N2O2. The van der Waals surface area contributed by atoms with E-state index in [4.69, 9.17) is 5.11 Å². The van der Waals surface area contributed by atoms with Gasteiger partial charge in [0, 0.05) is 19.2 Å². The van der Waals surface area contributed by atoms with Gasteiger partial charge in [-0.25, -0.2) is 0 Å². The maximum Gasteiger partial charge on any atom is 0.303 e. The lowest BCUT2D eigenvalue weighted by atomic mass is 10.2. The molecule has 1 aromatic rings. The first-order chi connectivity index (χ1) is 8.22. The molecule has 0 fully saturated rings. The summed E-state index contributed by atoms with van der Waals surface area (Å²) in [5.74, 6) is -0.710. The Hall–Kier alpha value is -1.42. The van der Waals surface area contributed by atoms with Gasteiger partial charge >= 0.3 is 5.97 Å². The van der Waals surface area contributed by atoms with Crippen molar-refractivity contribution in [2.75, 3.05) is 13.1 Å². The summed E-state index contributed by atoms with van der Waals surface area (Å²) >= 11 is 0. The Morgan fingerprint density at radius 3 is 2.82 bits per heavy atom. The van der Waals surface area contributed by atoms with Gasteiger partial charge in [0.25, 0.3) is 0 Å². The normalized spacial score (nSPS) is 10.7. The van der Waals surface area contributed by atoms with E-state index in [1.165, 1.54) is 0 Å². The van der Waals surface area contributed by atoms with Crippen molar-refractivity contribution in [1.29, 1.82) is 0 Å². The number of aliphatic carboxylic acids is 1. The topological polar surface area (TPSA) is 53.4 Å². The van der Waals surface area contributed by atoms with Crippen LogP contribution in [0.4, 0.5) is 0 Å². The summed E-state index contributed by atoms with van der Waals surface area (Å²) in [7, 11) is 0. The average molecular weight is 236 g/mol. The number of hydrogen-bond acceptors (Lipinski definition) is 3. The van der Waals surface area contributed by atoms with Gasteiger partial charge in [-0.05, 0) is 38.1 Å². The minimum atomic E-state index is -0.710. The SMILES string of the molecule is CCN(CCCCC(=O)O)Cc1ccccn1. The van der Waals surface area contributed by atoms with Crippen LogP contribution in [0.25, 0.3) is 0 Å². The number of unbranched alkanes of at least 4 members (excludes halogenated alkanes) is 1. The van der Waals surface area contributed by atoms with Crippen LogP contribution in [0, 0.1) is 0 Å². The fourth-order valence-electron chi connectivity index (χ4n) is 1.68. The molecule has 4 heteroatoms. The molecular weight excluding hydrogens is 216 g/mol. The minimum Gasteiger partial charge on any atom is -0.481 e. The van der Waals surface area contributed by atoms with Crippen LogP contribution in [0.3, 0.4) is 0 Å². The van der Waals surface area contributed by atoms with Gasteiger partial charge in [0.1, 0.15) is 0 Å². The Kier molecular flexibility index (Phi) is 6.25. The lowest BCUT2D eigenvalue weighted by molar-refractivity contribution is -0.137. The standard InChI is InChI=1S/C13H20N2O2/c1-2-15(10-6-4-8-13(16)17)11-12-7-3-5-9-14-12/h3,5,7,9H,2,4,6,8,10-11H2,1H3,(H,16,17). The van der Waals surface area contributed by atoms with Crippen molar-refractivity contribution in [2.45, 2.75) is 32.7 Å². The Labute approximate surface area is 102 Å². The van der Waals surface area contributed by atoms with Gasteiger partial charge in [0.05, 0.1) is 5.69 Å². The summed E-state index contributed by atoms with van der Waals surface area (Å²) < 4.78 is 0. The van der Waals surface area contributed by atoms with E-state index in [0.29, 0.717) is 0 Å². The van der Waals surface area contributed by atoms with Gasteiger partial charge in [0.2, 0.25) is 0 Å². The highest BCUT2D eigenvalue weighted by molar-refractivity contribution is 5.66. The number of carbonyl (C=O) groups is 1. The van der Waals surface area contributed by atoms with E-state index in [2.05, 4.69) is 16.8 Å². The Bertz CT molecular complexity index is 327. The fourth-order valence-corrected chi connectivity index (χ4v) is 1.68. The molecule has 1 N–H and O–H groups in total. The molecule has 0 aromatic carbocycles. The second kappa shape index (κ2) is 7.79. The molecule has 0 bridgehead atoms. The molecule has 0 aliphatic rings. The molecule has 0 atom stereocenters. The molecule has 17 heavy (non-hydrogen) atoms. The third kappa shape index (κ3) is 6.02. The number of rotatable bonds is 8. The van der Waals surface area contributed by atoms with Crippen molar-refractivity contribution in [1.82, 2.24) is 9.88 Å². The van der Waals surface area contributed by atoms with Crippen molar-refractivity contribution < 1.29 is 9.90 Å². The summed E-state index contributed by atoms with van der Waals surface area (Å²) in [6.07, 6.45) is 3.73. The number of nitrogens with zero attached hydrogens (tertiary/aromatic N) is 2. The first kappa shape index (κ1) is 13.6. The van der Waals surface area contributed by atoms with E-state index < -0.39 is 5.97 Å². The maximum atomic E-state index is 10.4. The van der Waals surface area contributed by atoms with E-state index in [1.807, 2.05) is 18.2 Å². The van der Waals surface area contributed by atoms with Gasteiger partial charge in [-0.2, -0.15) is 0 Å². The quantitative estimate of drug-likeness (QED) is 0.703. The lowest BCUT2D eigenvalue weighted by Crippen LogP contribution is -2.24. The number of carboxylic acids is 1. The molecule has 1 rings (SSSR count). The van der Waals surface area contributed by atoms with Crippen LogP contribution >= 0.6 is 0 Å². The van der Waals surface area contributed by atoms with Gasteiger partial charge in [-0.1, -0.05) is 13.0 Å². The Morgan fingerprint density at radius 1 is 1.41 bits per heavy atom. The predicted molar refractivity (Wildman–Crippen MR) is 66.7 cm³/mol. The van der Waals surface area contributed by atoms with Crippen LogP contribution in [0.5, 0.6) is 0 Å². The van der Waals surface area contributed by atoms with E-state index in [-0.39, 0.29) is 6.42 Å². The largest absolute Gasteiger partial charge is 0.481 e. The van der Waals surface area contributed by atoms with Crippen LogP contribution < -0.4 is 0 Å². The summed E-state index contributed by atoms with van der Waals surface area (Å²) in [4.78, 5) is 17.0. The second-order valence-electron chi connectivity index (χ2n) is 4.04. The molecule has 1 heterocycles. The van der Waals surface area contributed by atoms with Crippen LogP contribution in [-0.4, -0.2) is 34.0 Å². The van der Waals surface area contributed by atoms with Crippen molar-refractivity contribution >= 4 is 5.97 Å². The molecule has 0 spiro atoms. The minimum absolute atomic E-state index is 0.265. The highest BCUT2D eigenvalue weighted by atomic mass is 16.4. The lowest BCUT2D eigenvalue weighted by Gasteiger charge is -2.19. The highest BCUT2D eigenvalue weighted by Crippen LogP contribution is 2.04. The van der Waals surface area contributed by atoms with Gasteiger partial charge < -0.3 is 5.11 Å². The number of aromatic nitrogens is 1. The van der Waals surface area contributed by atoms with Crippen LogP contribution in [-0.2, 0) is 11.3 Å². The zero-order chi connectivity index (χ0) is 12.5. The van der Waals surface area contributed by atoms with Crippen LogP contribution in [0.15, 0.2) is 24.4 Å². The summed E-state index contributed by atoms with van der Waals surface area (Å²) in [6.45, 7) is 4.84. The van der Waals surface area contributed by atoms with Crippen LogP contribution in [0.1, 0.15) is 31.9 Å². The fraction of sp³-hybridized carbons (Fsp3) is 0.538. The molecule has 0 amide bonds. The van der Waals surface area contributed by atoms with E-state index in [1.54, 1.807) is 6.20 Å². The van der Waals surface area contributed by atoms with Crippen molar-refractivity contribution in [2.24, 2.45) is 0 Å².